The average Bonchev–Trinajstić information content (AvgIpc) is 2.60. The van der Waals surface area contributed by atoms with Crippen molar-refractivity contribution in [2.24, 2.45) is 5.92 Å². The first-order chi connectivity index (χ1) is 12.6. The van der Waals surface area contributed by atoms with Crippen LogP contribution in [0.5, 0.6) is 0 Å². The van der Waals surface area contributed by atoms with Crippen LogP contribution in [-0.4, -0.2) is 41.1 Å². The quantitative estimate of drug-likeness (QED) is 0.741. The van der Waals surface area contributed by atoms with Gasteiger partial charge in [-0.05, 0) is 44.2 Å². The summed E-state index contributed by atoms with van der Waals surface area (Å²) in [5.74, 6) is -0.0945. The van der Waals surface area contributed by atoms with E-state index < -0.39 is 32.7 Å². The maximum Gasteiger partial charge on any atom is 0.497 e. The Balaban J connectivity index is 1.88. The molecule has 1 aromatic rings. The standard InChI is InChI=1S/C17H22F3NO4S2/c1-12-6-8-15(9-7-12)27(23,24)21-11-14(25-26(22)17(18,19)20)10-13-4-2-3-5-16(13)21/h6-9,13-14,16H,2-5,10-11H2,1H3/t13-,14?,16+,26?/m0/s1. The highest BCUT2D eigenvalue weighted by Gasteiger charge is 2.47. The Morgan fingerprint density at radius 2 is 1.78 bits per heavy atom. The van der Waals surface area contributed by atoms with Crippen LogP contribution in [0, 0.1) is 12.8 Å². The number of hydrogen-bond acceptors (Lipinski definition) is 4. The second-order valence-electron chi connectivity index (χ2n) is 7.13. The molecule has 1 aromatic carbocycles. The van der Waals surface area contributed by atoms with Crippen molar-refractivity contribution in [3.8, 4) is 0 Å². The lowest BCUT2D eigenvalue weighted by Gasteiger charge is -2.45. The van der Waals surface area contributed by atoms with Crippen molar-refractivity contribution >= 4 is 21.1 Å². The Hall–Kier alpha value is -0.970. The van der Waals surface area contributed by atoms with E-state index in [2.05, 4.69) is 0 Å². The molecule has 0 radical (unpaired) electrons. The van der Waals surface area contributed by atoms with Crippen LogP contribution < -0.4 is 0 Å². The summed E-state index contributed by atoms with van der Waals surface area (Å²) < 4.78 is 81.5. The predicted octanol–water partition coefficient (Wildman–Crippen LogP) is 3.52. The van der Waals surface area contributed by atoms with Gasteiger partial charge in [0.05, 0.1) is 11.0 Å². The van der Waals surface area contributed by atoms with Crippen LogP contribution in [0.4, 0.5) is 13.2 Å². The van der Waals surface area contributed by atoms with E-state index in [1.165, 1.54) is 16.4 Å². The van der Waals surface area contributed by atoms with Gasteiger partial charge in [0.15, 0.2) is 0 Å². The number of alkyl halides is 3. The van der Waals surface area contributed by atoms with Gasteiger partial charge in [0.25, 0.3) is 11.1 Å². The Morgan fingerprint density at radius 1 is 1.15 bits per heavy atom. The van der Waals surface area contributed by atoms with Crippen LogP contribution in [0.3, 0.4) is 0 Å². The van der Waals surface area contributed by atoms with Crippen molar-refractivity contribution in [3.63, 3.8) is 0 Å². The lowest BCUT2D eigenvalue weighted by atomic mass is 9.79. The van der Waals surface area contributed by atoms with Gasteiger partial charge in [-0.3, -0.25) is 4.18 Å². The molecule has 0 bridgehead atoms. The van der Waals surface area contributed by atoms with E-state index in [9.17, 15) is 25.8 Å². The minimum atomic E-state index is -4.98. The van der Waals surface area contributed by atoms with Crippen molar-refractivity contribution in [2.75, 3.05) is 6.54 Å². The van der Waals surface area contributed by atoms with Crippen LogP contribution >= 0.6 is 0 Å². The van der Waals surface area contributed by atoms with Gasteiger partial charge in [0, 0.05) is 12.6 Å². The normalized spacial score (nSPS) is 28.5. The molecule has 10 heteroatoms. The maximum absolute atomic E-state index is 13.2. The summed E-state index contributed by atoms with van der Waals surface area (Å²) in [7, 11) is -3.88. The molecule has 27 heavy (non-hydrogen) atoms. The van der Waals surface area contributed by atoms with Crippen molar-refractivity contribution in [3.05, 3.63) is 29.8 Å². The number of halogens is 3. The Labute approximate surface area is 159 Å². The van der Waals surface area contributed by atoms with Crippen molar-refractivity contribution in [2.45, 2.75) is 61.6 Å². The third kappa shape index (κ3) is 4.55. The molecular formula is C17H22F3NO4S2. The molecule has 1 aliphatic carbocycles. The second-order valence-corrected chi connectivity index (χ2v) is 10.1. The zero-order valence-corrected chi connectivity index (χ0v) is 16.4. The van der Waals surface area contributed by atoms with E-state index in [4.69, 9.17) is 4.18 Å². The maximum atomic E-state index is 13.2. The van der Waals surface area contributed by atoms with E-state index in [-0.39, 0.29) is 29.8 Å². The largest absolute Gasteiger partial charge is 0.497 e. The molecule has 0 amide bonds. The number of sulfonamides is 1. The van der Waals surface area contributed by atoms with Crippen LogP contribution in [0.2, 0.25) is 0 Å². The monoisotopic (exact) mass is 425 g/mol. The van der Waals surface area contributed by atoms with Gasteiger partial charge in [0.2, 0.25) is 10.0 Å². The Kier molecular flexibility index (Phi) is 6.00. The third-order valence-corrected chi connectivity index (χ3v) is 7.96. The molecule has 5 nitrogen and oxygen atoms in total. The summed E-state index contributed by atoms with van der Waals surface area (Å²) in [6.45, 7) is 1.62. The van der Waals surface area contributed by atoms with Gasteiger partial charge >= 0.3 is 5.51 Å². The predicted molar refractivity (Wildman–Crippen MR) is 94.5 cm³/mol. The lowest BCUT2D eigenvalue weighted by molar-refractivity contribution is -0.0541. The van der Waals surface area contributed by atoms with E-state index in [0.29, 0.717) is 6.42 Å². The molecule has 0 spiro atoms. The molecule has 1 saturated carbocycles. The van der Waals surface area contributed by atoms with Gasteiger partial charge in [-0.25, -0.2) is 12.6 Å². The summed E-state index contributed by atoms with van der Waals surface area (Å²) in [6, 6.07) is 6.11. The summed E-state index contributed by atoms with van der Waals surface area (Å²) in [5.41, 5.74) is -4.07. The zero-order valence-electron chi connectivity index (χ0n) is 14.8. The summed E-state index contributed by atoms with van der Waals surface area (Å²) in [4.78, 5) is 0.106. The first-order valence-corrected chi connectivity index (χ1v) is 11.3. The second kappa shape index (κ2) is 7.81. The molecule has 2 fully saturated rings. The minimum Gasteiger partial charge on any atom is -0.279 e. The number of fused-ring (bicyclic) bond motifs is 1. The fourth-order valence-electron chi connectivity index (χ4n) is 3.96. The smallest absolute Gasteiger partial charge is 0.279 e. The molecule has 2 aliphatic rings. The van der Waals surface area contributed by atoms with Crippen molar-refractivity contribution in [1.82, 2.24) is 4.31 Å². The van der Waals surface area contributed by atoms with E-state index >= 15 is 0 Å². The van der Waals surface area contributed by atoms with Crippen LogP contribution in [0.25, 0.3) is 0 Å². The number of aryl methyl sites for hydroxylation is 1. The number of nitrogens with zero attached hydrogens (tertiary/aromatic N) is 1. The topological polar surface area (TPSA) is 63.7 Å². The lowest BCUT2D eigenvalue weighted by Crippen LogP contribution is -2.55. The summed E-state index contributed by atoms with van der Waals surface area (Å²) in [5, 5.41) is 0. The van der Waals surface area contributed by atoms with Gasteiger partial charge in [-0.1, -0.05) is 30.5 Å². The van der Waals surface area contributed by atoms with Crippen LogP contribution in [-0.2, 0) is 25.3 Å². The number of benzene rings is 1. The molecular weight excluding hydrogens is 403 g/mol. The fourth-order valence-corrected chi connectivity index (χ4v) is 6.20. The van der Waals surface area contributed by atoms with Gasteiger partial charge in [-0.2, -0.15) is 17.5 Å². The average molecular weight is 425 g/mol. The molecule has 4 atom stereocenters. The number of piperidine rings is 1. The first kappa shape index (κ1) is 20.8. The van der Waals surface area contributed by atoms with Gasteiger partial charge < -0.3 is 0 Å². The third-order valence-electron chi connectivity index (χ3n) is 5.23. The number of hydrogen-bond donors (Lipinski definition) is 0. The molecule has 152 valence electrons. The molecule has 1 aliphatic heterocycles. The number of rotatable bonds is 4. The van der Waals surface area contributed by atoms with E-state index in [0.717, 1.165) is 24.8 Å². The summed E-state index contributed by atoms with van der Waals surface area (Å²) >= 11 is -3.46. The van der Waals surface area contributed by atoms with Crippen LogP contribution in [0.15, 0.2) is 29.2 Å². The highest BCUT2D eigenvalue weighted by Crippen LogP contribution is 2.39. The summed E-state index contributed by atoms with van der Waals surface area (Å²) in [6.07, 6.45) is 2.41. The van der Waals surface area contributed by atoms with Crippen molar-refractivity contribution in [1.29, 1.82) is 0 Å². The molecule has 1 heterocycles. The van der Waals surface area contributed by atoms with Crippen molar-refractivity contribution < 1.29 is 30.0 Å². The van der Waals surface area contributed by atoms with Gasteiger partial charge in [-0.15, -0.1) is 0 Å². The molecule has 0 N–H and O–H groups in total. The fraction of sp³-hybridized carbons (Fsp3) is 0.647. The SMILES string of the molecule is Cc1ccc(S(=O)(=O)N2CC(OS(=O)C(F)(F)F)C[C@@H]3CCCC[C@H]32)cc1. The zero-order chi connectivity index (χ0) is 19.8. The van der Waals surface area contributed by atoms with Gasteiger partial charge in [0.1, 0.15) is 0 Å². The Morgan fingerprint density at radius 3 is 2.41 bits per heavy atom. The molecule has 1 saturated heterocycles. The molecule has 2 unspecified atom stereocenters. The first-order valence-electron chi connectivity index (χ1n) is 8.83. The Bertz CT molecular complexity index is 795. The molecule has 0 aromatic heterocycles. The van der Waals surface area contributed by atoms with E-state index in [1.807, 2.05) is 6.92 Å². The van der Waals surface area contributed by atoms with E-state index in [1.54, 1.807) is 12.1 Å². The highest BCUT2D eigenvalue weighted by atomic mass is 32.2. The highest BCUT2D eigenvalue weighted by molar-refractivity contribution is 7.89. The molecule has 3 rings (SSSR count). The minimum absolute atomic E-state index is 0.0945. The van der Waals surface area contributed by atoms with Crippen LogP contribution in [0.1, 0.15) is 37.7 Å².